The molecule has 0 saturated heterocycles. The van der Waals surface area contributed by atoms with Gasteiger partial charge in [-0.2, -0.15) is 0 Å². The summed E-state index contributed by atoms with van der Waals surface area (Å²) in [5.41, 5.74) is 0. The van der Waals surface area contributed by atoms with E-state index in [0.717, 1.165) is 6.42 Å². The third-order valence-electron chi connectivity index (χ3n) is 1.96. The van der Waals surface area contributed by atoms with Crippen molar-refractivity contribution >= 4 is 5.91 Å². The molecule has 0 aliphatic heterocycles. The van der Waals surface area contributed by atoms with Crippen LogP contribution in [-0.2, 0) is 4.79 Å². The normalized spacial score (nSPS) is 10.6. The molecule has 1 amide bonds. The number of hydrogen-bond acceptors (Lipinski definition) is 1. The summed E-state index contributed by atoms with van der Waals surface area (Å²) in [6.07, 6.45) is 3.14. The molecule has 0 rings (SSSR count). The number of carbonyl (C=O) groups excluding carboxylic acids is 1. The van der Waals surface area contributed by atoms with E-state index in [1.54, 1.807) is 6.08 Å². The molecule has 0 fully saturated rings. The summed E-state index contributed by atoms with van der Waals surface area (Å²) < 4.78 is 0. The monoisotopic (exact) mass is 183 g/mol. The zero-order chi connectivity index (χ0) is 10.4. The minimum atomic E-state index is 0.227. The van der Waals surface area contributed by atoms with Gasteiger partial charge in [-0.3, -0.25) is 4.79 Å². The second-order valence-corrected chi connectivity index (χ2v) is 3.82. The summed E-state index contributed by atoms with van der Waals surface area (Å²) in [5, 5.41) is 0. The maximum Gasteiger partial charge on any atom is 0.223 e. The summed E-state index contributed by atoms with van der Waals surface area (Å²) in [4.78, 5) is 13.6. The Morgan fingerprint density at radius 1 is 1.31 bits per heavy atom. The van der Waals surface area contributed by atoms with Gasteiger partial charge in [-0.25, -0.2) is 0 Å². The lowest BCUT2D eigenvalue weighted by Gasteiger charge is -2.30. The Morgan fingerprint density at radius 3 is 2.08 bits per heavy atom. The second-order valence-electron chi connectivity index (χ2n) is 3.82. The predicted octanol–water partition coefficient (Wildman–Crippen LogP) is 2.60. The number of carbonyl (C=O) groups is 1. The number of nitrogens with zero attached hydrogens (tertiary/aromatic N) is 1. The molecule has 2 heteroatoms. The third-order valence-corrected chi connectivity index (χ3v) is 1.96. The van der Waals surface area contributed by atoms with Crippen molar-refractivity contribution in [2.75, 3.05) is 0 Å². The average molecular weight is 183 g/mol. The first-order chi connectivity index (χ1) is 6.00. The SMILES string of the molecule is C=CCCC(=O)N(C(C)C)C(C)C. The van der Waals surface area contributed by atoms with Crippen LogP contribution < -0.4 is 0 Å². The fraction of sp³-hybridized carbons (Fsp3) is 0.727. The highest BCUT2D eigenvalue weighted by Crippen LogP contribution is 2.08. The summed E-state index contributed by atoms with van der Waals surface area (Å²) in [6.45, 7) is 11.8. The summed E-state index contributed by atoms with van der Waals surface area (Å²) in [5.74, 6) is 0.227. The summed E-state index contributed by atoms with van der Waals surface area (Å²) in [6, 6.07) is 0.578. The number of amides is 1. The van der Waals surface area contributed by atoms with E-state index in [4.69, 9.17) is 0 Å². The summed E-state index contributed by atoms with van der Waals surface area (Å²) in [7, 11) is 0. The van der Waals surface area contributed by atoms with Crippen LogP contribution in [0, 0.1) is 0 Å². The Balaban J connectivity index is 4.20. The highest BCUT2D eigenvalue weighted by atomic mass is 16.2. The smallest absolute Gasteiger partial charge is 0.223 e. The van der Waals surface area contributed by atoms with Crippen molar-refractivity contribution in [3.05, 3.63) is 12.7 Å². The van der Waals surface area contributed by atoms with Crippen LogP contribution in [0.2, 0.25) is 0 Å². The third kappa shape index (κ3) is 4.11. The topological polar surface area (TPSA) is 20.3 Å². The van der Waals surface area contributed by atoms with Crippen molar-refractivity contribution in [1.82, 2.24) is 4.90 Å². The molecule has 0 aromatic carbocycles. The Labute approximate surface area is 81.6 Å². The maximum atomic E-state index is 11.7. The number of rotatable bonds is 5. The van der Waals surface area contributed by atoms with E-state index in [1.807, 2.05) is 32.6 Å². The lowest BCUT2D eigenvalue weighted by molar-refractivity contribution is -0.134. The van der Waals surface area contributed by atoms with Gasteiger partial charge < -0.3 is 4.90 Å². The van der Waals surface area contributed by atoms with Gasteiger partial charge in [-0.15, -0.1) is 6.58 Å². The molecule has 0 atom stereocenters. The lowest BCUT2D eigenvalue weighted by Crippen LogP contribution is -2.41. The molecule has 13 heavy (non-hydrogen) atoms. The van der Waals surface area contributed by atoms with E-state index in [9.17, 15) is 4.79 Å². The van der Waals surface area contributed by atoms with E-state index in [-0.39, 0.29) is 18.0 Å². The zero-order valence-electron chi connectivity index (χ0n) is 9.21. The first-order valence-electron chi connectivity index (χ1n) is 4.92. The molecule has 0 bridgehead atoms. The van der Waals surface area contributed by atoms with Gasteiger partial charge in [0.1, 0.15) is 0 Å². The van der Waals surface area contributed by atoms with Gasteiger partial charge in [0.25, 0.3) is 0 Å². The van der Waals surface area contributed by atoms with Crippen molar-refractivity contribution < 1.29 is 4.79 Å². The molecule has 0 radical (unpaired) electrons. The molecule has 0 saturated carbocycles. The Kier molecular flexibility index (Phi) is 5.44. The Hall–Kier alpha value is -0.790. The van der Waals surface area contributed by atoms with Crippen molar-refractivity contribution in [2.45, 2.75) is 52.6 Å². The fourth-order valence-corrected chi connectivity index (χ4v) is 1.53. The molecule has 0 spiro atoms. The molecular weight excluding hydrogens is 162 g/mol. The van der Waals surface area contributed by atoms with Crippen molar-refractivity contribution in [3.8, 4) is 0 Å². The Morgan fingerprint density at radius 2 is 1.77 bits per heavy atom. The van der Waals surface area contributed by atoms with Gasteiger partial charge in [0.2, 0.25) is 5.91 Å². The van der Waals surface area contributed by atoms with Crippen LogP contribution in [-0.4, -0.2) is 22.9 Å². The molecule has 0 aromatic heterocycles. The van der Waals surface area contributed by atoms with E-state index in [0.29, 0.717) is 6.42 Å². The van der Waals surface area contributed by atoms with Gasteiger partial charge in [-0.1, -0.05) is 6.08 Å². The predicted molar refractivity (Wildman–Crippen MR) is 56.5 cm³/mol. The minimum Gasteiger partial charge on any atom is -0.338 e. The first-order valence-corrected chi connectivity index (χ1v) is 4.92. The molecule has 0 N–H and O–H groups in total. The fourth-order valence-electron chi connectivity index (χ4n) is 1.53. The second kappa shape index (κ2) is 5.79. The first kappa shape index (κ1) is 12.2. The molecule has 2 nitrogen and oxygen atoms in total. The van der Waals surface area contributed by atoms with Gasteiger partial charge in [0.15, 0.2) is 0 Å². The van der Waals surface area contributed by atoms with Crippen molar-refractivity contribution in [3.63, 3.8) is 0 Å². The van der Waals surface area contributed by atoms with Crippen LogP contribution >= 0.6 is 0 Å². The molecule has 76 valence electrons. The van der Waals surface area contributed by atoms with Crippen molar-refractivity contribution in [1.29, 1.82) is 0 Å². The number of allylic oxidation sites excluding steroid dienone is 1. The highest BCUT2D eigenvalue weighted by Gasteiger charge is 2.18. The van der Waals surface area contributed by atoms with Crippen LogP contribution in [0.15, 0.2) is 12.7 Å². The quantitative estimate of drug-likeness (QED) is 0.600. The molecule has 0 heterocycles. The molecule has 0 aromatic rings. The minimum absolute atomic E-state index is 0.227. The average Bonchev–Trinajstić information content (AvgIpc) is 1.99. The molecule has 0 aliphatic carbocycles. The zero-order valence-corrected chi connectivity index (χ0v) is 9.21. The number of hydrogen-bond donors (Lipinski definition) is 0. The van der Waals surface area contributed by atoms with E-state index in [2.05, 4.69) is 6.58 Å². The van der Waals surface area contributed by atoms with Gasteiger partial charge in [0, 0.05) is 18.5 Å². The largest absolute Gasteiger partial charge is 0.338 e. The van der Waals surface area contributed by atoms with Gasteiger partial charge >= 0.3 is 0 Å². The van der Waals surface area contributed by atoms with Crippen LogP contribution in [0.3, 0.4) is 0 Å². The van der Waals surface area contributed by atoms with E-state index >= 15 is 0 Å². The standard InChI is InChI=1S/C11H21NO/c1-6-7-8-11(13)12(9(2)3)10(4)5/h6,9-10H,1,7-8H2,2-5H3. The highest BCUT2D eigenvalue weighted by molar-refractivity contribution is 5.76. The van der Waals surface area contributed by atoms with Crippen LogP contribution in [0.25, 0.3) is 0 Å². The van der Waals surface area contributed by atoms with Crippen LogP contribution in [0.1, 0.15) is 40.5 Å². The molecule has 0 aliphatic rings. The van der Waals surface area contributed by atoms with Crippen LogP contribution in [0.4, 0.5) is 0 Å². The lowest BCUT2D eigenvalue weighted by atomic mass is 10.2. The van der Waals surface area contributed by atoms with Gasteiger partial charge in [0.05, 0.1) is 0 Å². The maximum absolute atomic E-state index is 11.7. The molecule has 0 unspecified atom stereocenters. The van der Waals surface area contributed by atoms with E-state index < -0.39 is 0 Å². The van der Waals surface area contributed by atoms with E-state index in [1.165, 1.54) is 0 Å². The van der Waals surface area contributed by atoms with Gasteiger partial charge in [-0.05, 0) is 34.1 Å². The molecular formula is C11H21NO. The summed E-state index contributed by atoms with van der Waals surface area (Å²) >= 11 is 0. The Bertz CT molecular complexity index is 165. The van der Waals surface area contributed by atoms with Crippen molar-refractivity contribution in [2.24, 2.45) is 0 Å². The van der Waals surface area contributed by atoms with Crippen LogP contribution in [0.5, 0.6) is 0 Å².